The molecule has 2 nitrogen and oxygen atoms in total. The maximum atomic E-state index is 4.58. The first-order valence-corrected chi connectivity index (χ1v) is 6.31. The monoisotopic (exact) mass is 222 g/mol. The first-order valence-electron chi connectivity index (χ1n) is 6.31. The standard InChI is InChI=1S/C14H26N2/c1-8-11-12(14(6,7)9-2)16(10-15-11)13(3,4)5/h10H,8-9H2,1-7H3. The molecule has 0 aliphatic rings. The highest BCUT2D eigenvalue weighted by Gasteiger charge is 2.29. The zero-order valence-electron chi connectivity index (χ0n) is 11.9. The third-order valence-corrected chi connectivity index (χ3v) is 3.43. The largest absolute Gasteiger partial charge is 0.328 e. The minimum absolute atomic E-state index is 0.113. The van der Waals surface area contributed by atoms with Gasteiger partial charge in [0.05, 0.1) is 12.0 Å². The molecule has 0 N–H and O–H groups in total. The molecule has 0 spiro atoms. The lowest BCUT2D eigenvalue weighted by Gasteiger charge is -2.32. The molecule has 0 amide bonds. The Morgan fingerprint density at radius 2 is 1.69 bits per heavy atom. The zero-order chi connectivity index (χ0) is 12.6. The third kappa shape index (κ3) is 2.31. The zero-order valence-corrected chi connectivity index (χ0v) is 11.9. The average molecular weight is 222 g/mol. The van der Waals surface area contributed by atoms with E-state index >= 15 is 0 Å². The number of rotatable bonds is 3. The molecule has 16 heavy (non-hydrogen) atoms. The predicted octanol–water partition coefficient (Wildman–Crippen LogP) is 3.89. The number of aryl methyl sites for hydroxylation is 1. The summed E-state index contributed by atoms with van der Waals surface area (Å²) >= 11 is 0. The summed E-state index contributed by atoms with van der Waals surface area (Å²) in [6.07, 6.45) is 4.16. The fourth-order valence-electron chi connectivity index (χ4n) is 2.04. The van der Waals surface area contributed by atoms with E-state index in [0.717, 1.165) is 12.8 Å². The van der Waals surface area contributed by atoms with Crippen LogP contribution in [0.5, 0.6) is 0 Å². The van der Waals surface area contributed by atoms with Gasteiger partial charge in [-0.1, -0.05) is 27.7 Å². The average Bonchev–Trinajstić information content (AvgIpc) is 2.61. The Hall–Kier alpha value is -0.790. The van der Waals surface area contributed by atoms with Gasteiger partial charge >= 0.3 is 0 Å². The van der Waals surface area contributed by atoms with Crippen LogP contribution in [0.25, 0.3) is 0 Å². The van der Waals surface area contributed by atoms with Crippen molar-refractivity contribution in [3.05, 3.63) is 17.7 Å². The fraction of sp³-hybridized carbons (Fsp3) is 0.786. The quantitative estimate of drug-likeness (QED) is 0.758. The molecule has 1 heterocycles. The number of nitrogens with zero attached hydrogens (tertiary/aromatic N) is 2. The molecule has 0 bridgehead atoms. The van der Waals surface area contributed by atoms with Gasteiger partial charge in [-0.15, -0.1) is 0 Å². The van der Waals surface area contributed by atoms with Gasteiger partial charge in [-0.25, -0.2) is 4.98 Å². The Kier molecular flexibility index (Phi) is 3.51. The van der Waals surface area contributed by atoms with Crippen LogP contribution in [0.3, 0.4) is 0 Å². The van der Waals surface area contributed by atoms with Crippen molar-refractivity contribution >= 4 is 0 Å². The van der Waals surface area contributed by atoms with Gasteiger partial charge in [0.2, 0.25) is 0 Å². The lowest BCUT2D eigenvalue weighted by atomic mass is 9.83. The molecule has 0 atom stereocenters. The first kappa shape index (κ1) is 13.3. The number of imidazole rings is 1. The highest BCUT2D eigenvalue weighted by Crippen LogP contribution is 2.33. The molecule has 0 aliphatic carbocycles. The van der Waals surface area contributed by atoms with Crippen molar-refractivity contribution in [2.45, 2.75) is 72.3 Å². The van der Waals surface area contributed by atoms with Gasteiger partial charge in [0.25, 0.3) is 0 Å². The minimum atomic E-state index is 0.113. The van der Waals surface area contributed by atoms with Gasteiger partial charge in [0, 0.05) is 16.6 Å². The number of hydrogen-bond acceptors (Lipinski definition) is 1. The van der Waals surface area contributed by atoms with Gasteiger partial charge in [-0.3, -0.25) is 0 Å². The SMILES string of the molecule is CCc1ncn(C(C)(C)C)c1C(C)(C)CC. The molecular formula is C14H26N2. The lowest BCUT2D eigenvalue weighted by Crippen LogP contribution is -2.30. The van der Waals surface area contributed by atoms with Crippen LogP contribution in [-0.2, 0) is 17.4 Å². The summed E-state index contributed by atoms with van der Waals surface area (Å²) in [6, 6.07) is 0. The highest BCUT2D eigenvalue weighted by atomic mass is 15.1. The Labute approximate surface area is 100 Å². The van der Waals surface area contributed by atoms with Crippen LogP contribution in [0.4, 0.5) is 0 Å². The second-order valence-corrected chi connectivity index (χ2v) is 6.17. The molecule has 0 unspecified atom stereocenters. The van der Waals surface area contributed by atoms with Gasteiger partial charge in [-0.05, 0) is 33.6 Å². The molecule has 1 aromatic heterocycles. The molecule has 2 heteroatoms. The van der Waals surface area contributed by atoms with E-state index in [0.29, 0.717) is 0 Å². The Morgan fingerprint density at radius 1 is 1.12 bits per heavy atom. The van der Waals surface area contributed by atoms with Crippen LogP contribution in [0.15, 0.2) is 6.33 Å². The molecule has 0 saturated heterocycles. The predicted molar refractivity (Wildman–Crippen MR) is 69.9 cm³/mol. The van der Waals surface area contributed by atoms with Crippen LogP contribution in [0.1, 0.15) is 66.3 Å². The topological polar surface area (TPSA) is 17.8 Å². The third-order valence-electron chi connectivity index (χ3n) is 3.43. The van der Waals surface area contributed by atoms with Crippen LogP contribution in [0, 0.1) is 0 Å². The molecule has 0 aromatic carbocycles. The van der Waals surface area contributed by atoms with Crippen LogP contribution < -0.4 is 0 Å². The smallest absolute Gasteiger partial charge is 0.0956 e. The number of aromatic nitrogens is 2. The molecule has 0 saturated carbocycles. The van der Waals surface area contributed by atoms with E-state index in [4.69, 9.17) is 0 Å². The normalized spacial score (nSPS) is 13.2. The Balaban J connectivity index is 3.38. The maximum absolute atomic E-state index is 4.58. The van der Waals surface area contributed by atoms with Crippen molar-refractivity contribution in [2.24, 2.45) is 0 Å². The van der Waals surface area contributed by atoms with Crippen molar-refractivity contribution in [3.63, 3.8) is 0 Å². The summed E-state index contributed by atoms with van der Waals surface area (Å²) in [6.45, 7) is 15.8. The highest BCUT2D eigenvalue weighted by molar-refractivity contribution is 5.23. The van der Waals surface area contributed by atoms with E-state index in [2.05, 4.69) is 58.0 Å². The van der Waals surface area contributed by atoms with Crippen LogP contribution in [-0.4, -0.2) is 9.55 Å². The van der Waals surface area contributed by atoms with E-state index in [1.165, 1.54) is 11.4 Å². The van der Waals surface area contributed by atoms with Gasteiger partial charge < -0.3 is 4.57 Å². The lowest BCUT2D eigenvalue weighted by molar-refractivity contribution is 0.346. The van der Waals surface area contributed by atoms with Crippen LogP contribution in [0.2, 0.25) is 0 Å². The molecular weight excluding hydrogens is 196 g/mol. The summed E-state index contributed by atoms with van der Waals surface area (Å²) < 4.78 is 2.34. The van der Waals surface area contributed by atoms with Crippen molar-refractivity contribution in [1.29, 1.82) is 0 Å². The maximum Gasteiger partial charge on any atom is 0.0956 e. The van der Waals surface area contributed by atoms with Crippen molar-refractivity contribution in [1.82, 2.24) is 9.55 Å². The van der Waals surface area contributed by atoms with E-state index in [9.17, 15) is 0 Å². The van der Waals surface area contributed by atoms with Crippen molar-refractivity contribution < 1.29 is 0 Å². The van der Waals surface area contributed by atoms with Crippen molar-refractivity contribution in [3.8, 4) is 0 Å². The second-order valence-electron chi connectivity index (χ2n) is 6.17. The Morgan fingerprint density at radius 3 is 2.06 bits per heavy atom. The molecule has 0 radical (unpaired) electrons. The van der Waals surface area contributed by atoms with Crippen LogP contribution >= 0.6 is 0 Å². The summed E-state index contributed by atoms with van der Waals surface area (Å²) in [4.78, 5) is 4.58. The molecule has 1 rings (SSSR count). The summed E-state index contributed by atoms with van der Waals surface area (Å²) in [5.74, 6) is 0. The molecule has 0 fully saturated rings. The van der Waals surface area contributed by atoms with E-state index in [1.807, 2.05) is 6.33 Å². The number of hydrogen-bond donors (Lipinski definition) is 0. The van der Waals surface area contributed by atoms with Gasteiger partial charge in [0.1, 0.15) is 0 Å². The first-order chi connectivity index (χ1) is 7.24. The Bertz CT molecular complexity index is 353. The fourth-order valence-corrected chi connectivity index (χ4v) is 2.04. The molecule has 92 valence electrons. The summed E-state index contributed by atoms with van der Waals surface area (Å²) in [5, 5.41) is 0. The summed E-state index contributed by atoms with van der Waals surface area (Å²) in [7, 11) is 0. The van der Waals surface area contributed by atoms with E-state index in [-0.39, 0.29) is 11.0 Å². The van der Waals surface area contributed by atoms with Crippen molar-refractivity contribution in [2.75, 3.05) is 0 Å². The van der Waals surface area contributed by atoms with Gasteiger partial charge in [0.15, 0.2) is 0 Å². The minimum Gasteiger partial charge on any atom is -0.328 e. The van der Waals surface area contributed by atoms with Gasteiger partial charge in [-0.2, -0.15) is 0 Å². The van der Waals surface area contributed by atoms with E-state index < -0.39 is 0 Å². The summed E-state index contributed by atoms with van der Waals surface area (Å²) in [5.41, 5.74) is 2.98. The molecule has 0 aliphatic heterocycles. The molecule has 1 aromatic rings. The second kappa shape index (κ2) is 4.23. The van der Waals surface area contributed by atoms with E-state index in [1.54, 1.807) is 0 Å².